The molecular weight excluding hydrogens is 230 g/mol. The van der Waals surface area contributed by atoms with Crippen molar-refractivity contribution in [2.45, 2.75) is 39.2 Å². The Bertz CT molecular complexity index is 464. The average Bonchev–Trinajstić information content (AvgIpc) is 2.84. The van der Waals surface area contributed by atoms with Gasteiger partial charge in [-0.1, -0.05) is 31.2 Å². The monoisotopic (exact) mass is 255 g/mol. The van der Waals surface area contributed by atoms with Crippen LogP contribution in [0.5, 0.6) is 0 Å². The molecule has 0 radical (unpaired) electrons. The molecule has 0 aromatic heterocycles. The second-order valence-electron chi connectivity index (χ2n) is 6.96. The van der Waals surface area contributed by atoms with Gasteiger partial charge in [-0.3, -0.25) is 0 Å². The first kappa shape index (κ1) is 12.0. The second-order valence-corrected chi connectivity index (χ2v) is 6.96. The van der Waals surface area contributed by atoms with Crippen molar-refractivity contribution in [3.8, 4) is 0 Å². The molecule has 1 aromatic rings. The van der Waals surface area contributed by atoms with Crippen LogP contribution in [0.1, 0.15) is 43.4 Å². The maximum absolute atomic E-state index is 3.80. The first-order chi connectivity index (χ1) is 9.31. The number of rotatable bonds is 4. The minimum Gasteiger partial charge on any atom is -0.310 e. The van der Waals surface area contributed by atoms with Gasteiger partial charge >= 0.3 is 0 Å². The molecule has 0 heterocycles. The summed E-state index contributed by atoms with van der Waals surface area (Å²) >= 11 is 0. The van der Waals surface area contributed by atoms with Gasteiger partial charge in [-0.2, -0.15) is 0 Å². The molecule has 102 valence electrons. The molecule has 0 saturated heterocycles. The Morgan fingerprint density at radius 1 is 1.16 bits per heavy atom. The average molecular weight is 255 g/mol. The molecule has 4 rings (SSSR count). The maximum atomic E-state index is 3.80. The van der Waals surface area contributed by atoms with Crippen LogP contribution in [-0.2, 0) is 0 Å². The number of nitrogens with one attached hydrogen (secondary N) is 1. The van der Waals surface area contributed by atoms with Gasteiger partial charge in [0.25, 0.3) is 0 Å². The lowest BCUT2D eigenvalue weighted by Gasteiger charge is -2.23. The molecule has 1 aromatic carbocycles. The van der Waals surface area contributed by atoms with E-state index in [2.05, 4.69) is 43.4 Å². The van der Waals surface area contributed by atoms with E-state index >= 15 is 0 Å². The highest BCUT2D eigenvalue weighted by Gasteiger charge is 2.66. The summed E-state index contributed by atoms with van der Waals surface area (Å²) in [6.45, 7) is 5.61. The summed E-state index contributed by atoms with van der Waals surface area (Å²) in [5, 5.41) is 3.80. The summed E-state index contributed by atoms with van der Waals surface area (Å²) in [6.07, 6.45) is 4.60. The van der Waals surface area contributed by atoms with E-state index in [-0.39, 0.29) is 0 Å². The Morgan fingerprint density at radius 2 is 1.84 bits per heavy atom. The minimum atomic E-state index is 0.615. The summed E-state index contributed by atoms with van der Waals surface area (Å²) in [5.74, 6) is 5.20. The minimum absolute atomic E-state index is 0.615. The van der Waals surface area contributed by atoms with Crippen molar-refractivity contribution >= 4 is 0 Å². The molecule has 1 nitrogen and oxygen atoms in total. The van der Waals surface area contributed by atoms with Crippen LogP contribution in [0.2, 0.25) is 0 Å². The molecule has 19 heavy (non-hydrogen) atoms. The SMILES string of the molecule is CCNC(c1ccccc1C)C1C2C3CCC(C3)C21. The molecule has 1 heteroatoms. The molecule has 2 bridgehead atoms. The van der Waals surface area contributed by atoms with Crippen LogP contribution in [0.25, 0.3) is 0 Å². The van der Waals surface area contributed by atoms with E-state index in [1.807, 2.05) is 0 Å². The van der Waals surface area contributed by atoms with Gasteiger partial charge < -0.3 is 5.32 Å². The molecule has 0 spiro atoms. The lowest BCUT2D eigenvalue weighted by atomic mass is 9.91. The van der Waals surface area contributed by atoms with Crippen molar-refractivity contribution in [1.82, 2.24) is 5.32 Å². The fraction of sp³-hybridized carbons (Fsp3) is 0.667. The largest absolute Gasteiger partial charge is 0.310 e. The second kappa shape index (κ2) is 4.34. The Morgan fingerprint density at radius 3 is 2.47 bits per heavy atom. The number of hydrogen-bond donors (Lipinski definition) is 1. The smallest absolute Gasteiger partial charge is 0.0356 e. The third-order valence-electron chi connectivity index (χ3n) is 6.13. The van der Waals surface area contributed by atoms with E-state index in [1.54, 1.807) is 12.0 Å². The van der Waals surface area contributed by atoms with Crippen molar-refractivity contribution in [2.24, 2.45) is 29.6 Å². The van der Waals surface area contributed by atoms with Gasteiger partial charge in [0.05, 0.1) is 0 Å². The molecule has 0 amide bonds. The zero-order valence-corrected chi connectivity index (χ0v) is 12.1. The molecular formula is C18H25N. The van der Waals surface area contributed by atoms with E-state index in [0.29, 0.717) is 6.04 Å². The van der Waals surface area contributed by atoms with Crippen molar-refractivity contribution < 1.29 is 0 Å². The lowest BCUT2D eigenvalue weighted by molar-refractivity contribution is 0.374. The van der Waals surface area contributed by atoms with Crippen LogP contribution < -0.4 is 5.32 Å². The predicted octanol–water partition coefficient (Wildman–Crippen LogP) is 3.94. The zero-order valence-electron chi connectivity index (χ0n) is 12.1. The molecule has 3 fully saturated rings. The van der Waals surface area contributed by atoms with Gasteiger partial charge in [-0.25, -0.2) is 0 Å². The Balaban J connectivity index is 1.62. The van der Waals surface area contributed by atoms with Crippen LogP contribution in [-0.4, -0.2) is 6.54 Å². The fourth-order valence-corrected chi connectivity index (χ4v) is 5.45. The maximum Gasteiger partial charge on any atom is 0.0356 e. The van der Waals surface area contributed by atoms with Crippen LogP contribution in [0.3, 0.4) is 0 Å². The first-order valence-electron chi connectivity index (χ1n) is 8.10. The van der Waals surface area contributed by atoms with Gasteiger partial charge in [-0.15, -0.1) is 0 Å². The highest BCUT2D eigenvalue weighted by Crippen LogP contribution is 2.72. The standard InChI is InChI=1S/C18H25N/c1-3-19-18(14-7-5-4-6-11(14)2)17-15-12-8-9-13(10-12)16(15)17/h4-7,12-13,15-19H,3,8-10H2,1-2H3. The number of aryl methyl sites for hydroxylation is 1. The van der Waals surface area contributed by atoms with Crippen LogP contribution in [0.4, 0.5) is 0 Å². The zero-order chi connectivity index (χ0) is 13.0. The van der Waals surface area contributed by atoms with Gasteiger partial charge in [0.2, 0.25) is 0 Å². The van der Waals surface area contributed by atoms with E-state index in [4.69, 9.17) is 0 Å². The van der Waals surface area contributed by atoms with Gasteiger partial charge in [0.15, 0.2) is 0 Å². The predicted molar refractivity (Wildman–Crippen MR) is 78.9 cm³/mol. The Hall–Kier alpha value is -0.820. The van der Waals surface area contributed by atoms with Crippen molar-refractivity contribution in [3.05, 3.63) is 35.4 Å². The van der Waals surface area contributed by atoms with Crippen molar-refractivity contribution in [1.29, 1.82) is 0 Å². The summed E-state index contributed by atoms with van der Waals surface area (Å²) in [4.78, 5) is 0. The quantitative estimate of drug-likeness (QED) is 0.859. The van der Waals surface area contributed by atoms with Crippen molar-refractivity contribution in [2.75, 3.05) is 6.54 Å². The van der Waals surface area contributed by atoms with Crippen LogP contribution in [0.15, 0.2) is 24.3 Å². The van der Waals surface area contributed by atoms with Gasteiger partial charge in [0, 0.05) is 6.04 Å². The molecule has 1 N–H and O–H groups in total. The summed E-state index contributed by atoms with van der Waals surface area (Å²) in [6, 6.07) is 9.61. The molecule has 3 saturated carbocycles. The van der Waals surface area contributed by atoms with E-state index in [9.17, 15) is 0 Å². The van der Waals surface area contributed by atoms with E-state index in [1.165, 1.54) is 18.4 Å². The Labute approximate surface area is 116 Å². The third-order valence-corrected chi connectivity index (χ3v) is 6.13. The highest BCUT2D eigenvalue weighted by atomic mass is 14.9. The summed E-state index contributed by atoms with van der Waals surface area (Å²) in [5.41, 5.74) is 3.02. The Kier molecular flexibility index (Phi) is 2.73. The fourth-order valence-electron chi connectivity index (χ4n) is 5.45. The lowest BCUT2D eigenvalue weighted by Crippen LogP contribution is -2.26. The number of hydrogen-bond acceptors (Lipinski definition) is 1. The molecule has 0 aliphatic heterocycles. The van der Waals surface area contributed by atoms with Gasteiger partial charge in [0.1, 0.15) is 0 Å². The number of fused-ring (bicyclic) bond motifs is 5. The molecule has 3 aliphatic carbocycles. The molecule has 5 unspecified atom stereocenters. The topological polar surface area (TPSA) is 12.0 Å². The van der Waals surface area contributed by atoms with Crippen LogP contribution >= 0.6 is 0 Å². The first-order valence-corrected chi connectivity index (χ1v) is 8.10. The molecule has 5 atom stereocenters. The van der Waals surface area contributed by atoms with Crippen molar-refractivity contribution in [3.63, 3.8) is 0 Å². The third kappa shape index (κ3) is 1.71. The van der Waals surface area contributed by atoms with E-state index in [0.717, 1.165) is 36.1 Å². The normalized spacial score (nSPS) is 40.2. The number of benzene rings is 1. The summed E-state index contributed by atoms with van der Waals surface area (Å²) < 4.78 is 0. The van der Waals surface area contributed by atoms with E-state index < -0.39 is 0 Å². The van der Waals surface area contributed by atoms with Gasteiger partial charge in [-0.05, 0) is 73.4 Å². The highest BCUT2D eigenvalue weighted by molar-refractivity contribution is 5.32. The molecule has 3 aliphatic rings. The summed E-state index contributed by atoms with van der Waals surface area (Å²) in [7, 11) is 0. The van der Waals surface area contributed by atoms with Crippen LogP contribution in [0, 0.1) is 36.5 Å².